The van der Waals surface area contributed by atoms with Crippen LogP contribution in [0.2, 0.25) is 0 Å². The van der Waals surface area contributed by atoms with E-state index in [2.05, 4.69) is 21.2 Å². The van der Waals surface area contributed by atoms with E-state index in [1.54, 1.807) is 18.2 Å². The van der Waals surface area contributed by atoms with E-state index in [0.29, 0.717) is 4.47 Å². The smallest absolute Gasteiger partial charge is 0.337 e. The van der Waals surface area contributed by atoms with E-state index >= 15 is 0 Å². The van der Waals surface area contributed by atoms with E-state index in [4.69, 9.17) is 0 Å². The number of aromatic carboxylic acids is 1. The van der Waals surface area contributed by atoms with Crippen LogP contribution in [0, 0.1) is 0 Å². The molecule has 3 aromatic rings. The molecule has 0 aliphatic rings. The summed E-state index contributed by atoms with van der Waals surface area (Å²) in [6, 6.07) is 13.0. The van der Waals surface area contributed by atoms with Crippen molar-refractivity contribution in [3.8, 4) is 0 Å². The summed E-state index contributed by atoms with van der Waals surface area (Å²) in [5.74, 6) is -1.73. The van der Waals surface area contributed by atoms with Gasteiger partial charge in [0.1, 0.15) is 0 Å². The molecule has 0 aliphatic heterocycles. The normalized spacial score (nSPS) is 11.1. The number of carbonyl (C=O) groups is 2. The Balaban J connectivity index is 1.84. The molecule has 3 rings (SSSR count). The number of hydrogen-bond donors (Lipinski definition) is 2. The van der Waals surface area contributed by atoms with E-state index < -0.39 is 21.9 Å². The number of amides is 1. The molecule has 1 aromatic heterocycles. The Morgan fingerprint density at radius 3 is 2.22 bits per heavy atom. The van der Waals surface area contributed by atoms with Crippen LogP contribution in [0.5, 0.6) is 0 Å². The third-order valence-electron chi connectivity index (χ3n) is 3.73. The average molecular weight is 449 g/mol. The summed E-state index contributed by atoms with van der Waals surface area (Å²) in [5, 5.41) is 11.8. The monoisotopic (exact) mass is 448 g/mol. The molecule has 0 saturated carbocycles. The molecule has 2 N–H and O–H groups in total. The number of nitrogens with zero attached hydrogens (tertiary/aromatic N) is 1. The van der Waals surface area contributed by atoms with E-state index in [-0.39, 0.29) is 21.7 Å². The van der Waals surface area contributed by atoms with E-state index in [1.807, 2.05) is 0 Å². The molecule has 1 heterocycles. The fraction of sp³-hybridized carbons (Fsp3) is 0. The number of carbonyl (C=O) groups excluding carboxylic acids is 1. The van der Waals surface area contributed by atoms with Crippen molar-refractivity contribution in [2.45, 2.75) is 4.90 Å². The molecule has 0 atom stereocenters. The standard InChI is InChI=1S/C18H13BrN2O5S/c19-13-5-8-16(15(11-13)18(23)24)20-17(22)12-3-6-14(7-4-12)27(25,26)21-9-1-2-10-21/h1-11H,(H,20,22)(H,23,24). The Morgan fingerprint density at radius 2 is 1.63 bits per heavy atom. The van der Waals surface area contributed by atoms with Crippen molar-refractivity contribution < 1.29 is 23.1 Å². The lowest BCUT2D eigenvalue weighted by Crippen LogP contribution is -2.15. The van der Waals surface area contributed by atoms with E-state index in [0.717, 1.165) is 3.97 Å². The van der Waals surface area contributed by atoms with Gasteiger partial charge in [0.2, 0.25) is 0 Å². The number of carboxylic acid groups (broad SMARTS) is 1. The lowest BCUT2D eigenvalue weighted by molar-refractivity contribution is 0.0698. The van der Waals surface area contributed by atoms with Gasteiger partial charge < -0.3 is 10.4 Å². The van der Waals surface area contributed by atoms with Gasteiger partial charge >= 0.3 is 5.97 Å². The number of hydrogen-bond acceptors (Lipinski definition) is 4. The predicted molar refractivity (Wildman–Crippen MR) is 103 cm³/mol. The summed E-state index contributed by atoms with van der Waals surface area (Å²) in [7, 11) is -3.72. The first kappa shape index (κ1) is 18.9. The molecule has 7 nitrogen and oxygen atoms in total. The molecule has 27 heavy (non-hydrogen) atoms. The Labute approximate surface area is 163 Å². The van der Waals surface area contributed by atoms with Crippen molar-refractivity contribution in [1.82, 2.24) is 3.97 Å². The first-order valence-electron chi connectivity index (χ1n) is 7.62. The highest BCUT2D eigenvalue weighted by Crippen LogP contribution is 2.22. The number of rotatable bonds is 5. The summed E-state index contributed by atoms with van der Waals surface area (Å²) >= 11 is 3.18. The highest BCUT2D eigenvalue weighted by atomic mass is 79.9. The van der Waals surface area contributed by atoms with Gasteiger partial charge in [-0.2, -0.15) is 0 Å². The molecule has 0 saturated heterocycles. The second kappa shape index (κ2) is 7.37. The zero-order valence-electron chi connectivity index (χ0n) is 13.7. The van der Waals surface area contributed by atoms with Crippen molar-refractivity contribution in [3.63, 3.8) is 0 Å². The second-order valence-corrected chi connectivity index (χ2v) is 8.25. The van der Waals surface area contributed by atoms with Crippen LogP contribution in [-0.2, 0) is 10.0 Å². The Kier molecular flexibility index (Phi) is 5.15. The molecule has 0 radical (unpaired) electrons. The van der Waals surface area contributed by atoms with Gasteiger partial charge in [0.15, 0.2) is 0 Å². The van der Waals surface area contributed by atoms with Gasteiger partial charge in [0.25, 0.3) is 15.9 Å². The third-order valence-corrected chi connectivity index (χ3v) is 5.89. The zero-order valence-corrected chi connectivity index (χ0v) is 16.1. The summed E-state index contributed by atoms with van der Waals surface area (Å²) in [6.45, 7) is 0. The van der Waals surface area contributed by atoms with Crippen LogP contribution in [0.25, 0.3) is 0 Å². The largest absolute Gasteiger partial charge is 0.478 e. The topological polar surface area (TPSA) is 105 Å². The highest BCUT2D eigenvalue weighted by Gasteiger charge is 2.18. The van der Waals surface area contributed by atoms with Gasteiger partial charge in [-0.05, 0) is 54.6 Å². The molecule has 138 valence electrons. The van der Waals surface area contributed by atoms with Gasteiger partial charge in [-0.1, -0.05) is 15.9 Å². The Bertz CT molecular complexity index is 1110. The molecule has 0 bridgehead atoms. The first-order valence-corrected chi connectivity index (χ1v) is 9.85. The molecule has 0 unspecified atom stereocenters. The lowest BCUT2D eigenvalue weighted by atomic mass is 10.1. The van der Waals surface area contributed by atoms with Crippen molar-refractivity contribution in [2.24, 2.45) is 0 Å². The maximum atomic E-state index is 12.4. The van der Waals surface area contributed by atoms with Crippen LogP contribution in [0.15, 0.2) is 76.4 Å². The van der Waals surface area contributed by atoms with Crippen molar-refractivity contribution in [2.75, 3.05) is 5.32 Å². The molecule has 0 aliphatic carbocycles. The summed E-state index contributed by atoms with van der Waals surface area (Å²) in [6.07, 6.45) is 2.83. The van der Waals surface area contributed by atoms with E-state index in [1.165, 1.54) is 48.8 Å². The number of nitrogens with one attached hydrogen (secondary N) is 1. The van der Waals surface area contributed by atoms with Crippen LogP contribution < -0.4 is 5.32 Å². The SMILES string of the molecule is O=C(Nc1ccc(Br)cc1C(=O)O)c1ccc(S(=O)(=O)n2cccc2)cc1. The van der Waals surface area contributed by atoms with Gasteiger partial charge in [-0.3, -0.25) is 4.79 Å². The minimum atomic E-state index is -3.72. The molecule has 1 amide bonds. The number of carboxylic acids is 1. The van der Waals surface area contributed by atoms with Crippen LogP contribution in [-0.4, -0.2) is 29.4 Å². The molecular formula is C18H13BrN2O5S. The minimum Gasteiger partial charge on any atom is -0.478 e. The fourth-order valence-corrected chi connectivity index (χ4v) is 3.92. The van der Waals surface area contributed by atoms with Gasteiger partial charge in [-0.15, -0.1) is 0 Å². The van der Waals surface area contributed by atoms with Gasteiger partial charge in [-0.25, -0.2) is 17.2 Å². The Hall–Kier alpha value is -2.91. The number of halogens is 1. The first-order chi connectivity index (χ1) is 12.8. The van der Waals surface area contributed by atoms with Gasteiger partial charge in [0, 0.05) is 22.4 Å². The summed E-state index contributed by atoms with van der Waals surface area (Å²) in [5.41, 5.74) is 0.269. The van der Waals surface area contributed by atoms with Crippen LogP contribution in [0.1, 0.15) is 20.7 Å². The molecule has 0 spiro atoms. The number of anilines is 1. The Morgan fingerprint density at radius 1 is 1.00 bits per heavy atom. The third kappa shape index (κ3) is 3.93. The number of benzene rings is 2. The highest BCUT2D eigenvalue weighted by molar-refractivity contribution is 9.10. The summed E-state index contributed by atoms with van der Waals surface area (Å²) < 4.78 is 26.5. The number of aromatic nitrogens is 1. The maximum absolute atomic E-state index is 12.4. The van der Waals surface area contributed by atoms with Crippen molar-refractivity contribution in [3.05, 3.63) is 82.6 Å². The summed E-state index contributed by atoms with van der Waals surface area (Å²) in [4.78, 5) is 23.7. The van der Waals surface area contributed by atoms with Gasteiger partial charge in [0.05, 0.1) is 16.1 Å². The van der Waals surface area contributed by atoms with Crippen molar-refractivity contribution in [1.29, 1.82) is 0 Å². The zero-order chi connectivity index (χ0) is 19.6. The predicted octanol–water partition coefficient (Wildman–Crippen LogP) is 3.44. The molecule has 9 heteroatoms. The lowest BCUT2D eigenvalue weighted by Gasteiger charge is -2.10. The molecule has 0 fully saturated rings. The minimum absolute atomic E-state index is 0.0325. The maximum Gasteiger partial charge on any atom is 0.337 e. The molecular weight excluding hydrogens is 436 g/mol. The van der Waals surface area contributed by atoms with Crippen LogP contribution in [0.3, 0.4) is 0 Å². The average Bonchev–Trinajstić information content (AvgIpc) is 3.18. The second-order valence-electron chi connectivity index (χ2n) is 5.49. The quantitative estimate of drug-likeness (QED) is 0.621. The molecule has 2 aromatic carbocycles. The van der Waals surface area contributed by atoms with Crippen LogP contribution in [0.4, 0.5) is 5.69 Å². The fourth-order valence-electron chi connectivity index (χ4n) is 2.38. The van der Waals surface area contributed by atoms with E-state index in [9.17, 15) is 23.1 Å². The van der Waals surface area contributed by atoms with Crippen LogP contribution >= 0.6 is 15.9 Å². The van der Waals surface area contributed by atoms with Crippen molar-refractivity contribution >= 4 is 43.5 Å².